The number of hydrogen-bond acceptors (Lipinski definition) is 7. The van der Waals surface area contributed by atoms with Crippen LogP contribution in [0.2, 0.25) is 0 Å². The molecule has 0 saturated carbocycles. The van der Waals surface area contributed by atoms with Crippen LogP contribution in [0.5, 0.6) is 11.5 Å². The molecule has 10 heteroatoms. The first-order chi connectivity index (χ1) is 21.5. The van der Waals surface area contributed by atoms with Gasteiger partial charge in [0.15, 0.2) is 0 Å². The molecule has 0 radical (unpaired) electrons. The van der Waals surface area contributed by atoms with Crippen LogP contribution in [0.4, 0.5) is 21.9 Å². The van der Waals surface area contributed by atoms with Crippen molar-refractivity contribution >= 4 is 34.9 Å². The highest BCUT2D eigenvalue weighted by atomic mass is 16.5. The number of piperidine rings is 1. The second-order valence-electron chi connectivity index (χ2n) is 12.0. The van der Waals surface area contributed by atoms with Gasteiger partial charge in [0.2, 0.25) is 11.8 Å². The number of nitrogens with two attached hydrogens (primary N) is 1. The number of carbonyl (C=O) groups is 3. The summed E-state index contributed by atoms with van der Waals surface area (Å²) >= 11 is 0. The lowest BCUT2D eigenvalue weighted by Crippen LogP contribution is -2.54. The summed E-state index contributed by atoms with van der Waals surface area (Å²) < 4.78 is 16.4. The fourth-order valence-electron chi connectivity index (χ4n) is 5.76. The molecule has 1 saturated heterocycles. The normalized spacial score (nSPS) is 14.5. The van der Waals surface area contributed by atoms with Crippen LogP contribution >= 0.6 is 0 Å². The molecule has 1 aliphatic heterocycles. The molecule has 45 heavy (non-hydrogen) atoms. The molecule has 240 valence electrons. The first-order valence-corrected chi connectivity index (χ1v) is 15.2. The van der Waals surface area contributed by atoms with Gasteiger partial charge in [0.25, 0.3) is 0 Å². The molecule has 1 heterocycles. The Morgan fingerprint density at radius 3 is 2.16 bits per heavy atom. The fourth-order valence-corrected chi connectivity index (χ4v) is 5.76. The average Bonchev–Trinajstić information content (AvgIpc) is 3.01. The maximum atomic E-state index is 13.9. The molecule has 4 rings (SSSR count). The van der Waals surface area contributed by atoms with Crippen LogP contribution in [0.25, 0.3) is 0 Å². The molecule has 10 nitrogen and oxygen atoms in total. The average molecular weight is 617 g/mol. The standard InChI is InChI=1S/C35H44N4O6/c1-22(2)27-17-25(36)18-28(23(3)4)33(27)38-34(42)37-21-35(24-10-9-11-26(16-24)44-6)19-31(40)39(32(41)20-35)29-12-7-8-13-30(29)45-15-14-43-5/h7-13,16-18,22-23H,14-15,19-21,36H2,1-6H3,(H2,37,38,42). The van der Waals surface area contributed by atoms with Crippen LogP contribution in [0.15, 0.2) is 60.7 Å². The van der Waals surface area contributed by atoms with Gasteiger partial charge in [-0.05, 0) is 64.9 Å². The van der Waals surface area contributed by atoms with E-state index in [0.29, 0.717) is 40.7 Å². The van der Waals surface area contributed by atoms with Gasteiger partial charge in [-0.25, -0.2) is 9.69 Å². The number of para-hydroxylation sites is 2. The Hall–Kier alpha value is -4.57. The number of ether oxygens (including phenoxy) is 3. The van der Waals surface area contributed by atoms with Gasteiger partial charge in [0.1, 0.15) is 18.1 Å². The number of imide groups is 1. The minimum atomic E-state index is -1.02. The number of urea groups is 1. The molecule has 4 N–H and O–H groups in total. The summed E-state index contributed by atoms with van der Waals surface area (Å²) in [5.74, 6) is 0.424. The zero-order chi connectivity index (χ0) is 32.7. The molecule has 0 atom stereocenters. The highest BCUT2D eigenvalue weighted by Crippen LogP contribution is 2.41. The van der Waals surface area contributed by atoms with Crippen LogP contribution in [-0.2, 0) is 19.7 Å². The maximum Gasteiger partial charge on any atom is 0.319 e. The molecule has 1 aliphatic rings. The van der Waals surface area contributed by atoms with Crippen molar-refractivity contribution in [1.29, 1.82) is 0 Å². The fraction of sp³-hybridized carbons (Fsp3) is 0.400. The second-order valence-corrected chi connectivity index (χ2v) is 12.0. The van der Waals surface area contributed by atoms with Crippen molar-refractivity contribution in [3.05, 3.63) is 77.4 Å². The third kappa shape index (κ3) is 7.57. The third-order valence-electron chi connectivity index (χ3n) is 8.10. The summed E-state index contributed by atoms with van der Waals surface area (Å²) in [5.41, 5.74) is 9.48. The van der Waals surface area contributed by atoms with Crippen molar-refractivity contribution in [3.8, 4) is 11.5 Å². The van der Waals surface area contributed by atoms with E-state index in [-0.39, 0.29) is 37.8 Å². The first kappa shape index (κ1) is 33.3. The molecule has 3 aromatic carbocycles. The lowest BCUT2D eigenvalue weighted by molar-refractivity contribution is -0.131. The van der Waals surface area contributed by atoms with E-state index in [0.717, 1.165) is 11.1 Å². The van der Waals surface area contributed by atoms with Crippen LogP contribution in [0, 0.1) is 0 Å². The van der Waals surface area contributed by atoms with Crippen molar-refractivity contribution in [2.24, 2.45) is 0 Å². The van der Waals surface area contributed by atoms with E-state index in [1.165, 1.54) is 4.90 Å². The molecular formula is C35H44N4O6. The van der Waals surface area contributed by atoms with Crippen molar-refractivity contribution in [2.75, 3.05) is 49.9 Å². The van der Waals surface area contributed by atoms with Gasteiger partial charge in [0, 0.05) is 43.3 Å². The molecule has 3 aromatic rings. The summed E-state index contributed by atoms with van der Waals surface area (Å²) in [7, 11) is 3.13. The smallest absolute Gasteiger partial charge is 0.319 e. The van der Waals surface area contributed by atoms with Gasteiger partial charge < -0.3 is 30.6 Å². The number of nitrogens with zero attached hydrogens (tertiary/aromatic N) is 1. The maximum absolute atomic E-state index is 13.9. The summed E-state index contributed by atoms with van der Waals surface area (Å²) in [6.07, 6.45) is -0.0656. The Morgan fingerprint density at radius 2 is 1.56 bits per heavy atom. The van der Waals surface area contributed by atoms with E-state index in [1.807, 2.05) is 58.0 Å². The lowest BCUT2D eigenvalue weighted by Gasteiger charge is -2.40. The lowest BCUT2D eigenvalue weighted by atomic mass is 9.71. The van der Waals surface area contributed by atoms with Crippen LogP contribution in [-0.4, -0.2) is 51.8 Å². The summed E-state index contributed by atoms with van der Waals surface area (Å²) in [6.45, 7) is 8.85. The quantitative estimate of drug-likeness (QED) is 0.130. The SMILES string of the molecule is COCCOc1ccccc1N1C(=O)CC(CNC(=O)Nc2c(C(C)C)cc(N)cc2C(C)C)(c2cccc(OC)c2)CC1=O. The van der Waals surface area contributed by atoms with E-state index in [4.69, 9.17) is 19.9 Å². The number of methoxy groups -OCH3 is 2. The molecule has 0 spiro atoms. The minimum Gasteiger partial charge on any atom is -0.497 e. The Balaban J connectivity index is 1.64. The molecule has 0 unspecified atom stereocenters. The Bertz CT molecular complexity index is 1490. The molecule has 4 amide bonds. The van der Waals surface area contributed by atoms with Crippen molar-refractivity contribution in [3.63, 3.8) is 0 Å². The van der Waals surface area contributed by atoms with Gasteiger partial charge >= 0.3 is 6.03 Å². The molecule has 0 aliphatic carbocycles. The number of anilines is 3. The van der Waals surface area contributed by atoms with Gasteiger partial charge in [-0.1, -0.05) is 52.0 Å². The largest absolute Gasteiger partial charge is 0.497 e. The third-order valence-corrected chi connectivity index (χ3v) is 8.10. The zero-order valence-corrected chi connectivity index (χ0v) is 26.9. The summed E-state index contributed by atoms with van der Waals surface area (Å²) in [4.78, 5) is 42.5. The van der Waals surface area contributed by atoms with Gasteiger partial charge in [-0.15, -0.1) is 0 Å². The Kier molecular flexibility index (Phi) is 10.7. The number of benzene rings is 3. The Morgan fingerprint density at radius 1 is 0.911 bits per heavy atom. The van der Waals surface area contributed by atoms with Gasteiger partial charge in [-0.2, -0.15) is 0 Å². The minimum absolute atomic E-state index is 0.0328. The number of nitrogens with one attached hydrogen (secondary N) is 2. The summed E-state index contributed by atoms with van der Waals surface area (Å²) in [6, 6.07) is 17.5. The van der Waals surface area contributed by atoms with Gasteiger partial charge in [0.05, 0.1) is 19.4 Å². The van der Waals surface area contributed by atoms with E-state index < -0.39 is 23.3 Å². The molecule has 1 fully saturated rings. The van der Waals surface area contributed by atoms with Crippen molar-refractivity contribution in [1.82, 2.24) is 5.32 Å². The van der Waals surface area contributed by atoms with Crippen molar-refractivity contribution < 1.29 is 28.6 Å². The topological polar surface area (TPSA) is 132 Å². The number of nitrogen functional groups attached to an aromatic ring is 1. The van der Waals surface area contributed by atoms with Crippen LogP contribution in [0.1, 0.15) is 69.1 Å². The predicted molar refractivity (Wildman–Crippen MR) is 176 cm³/mol. The monoisotopic (exact) mass is 616 g/mol. The number of carbonyl (C=O) groups excluding carboxylic acids is 3. The van der Waals surface area contributed by atoms with Gasteiger partial charge in [-0.3, -0.25) is 9.59 Å². The first-order valence-electron chi connectivity index (χ1n) is 15.2. The van der Waals surface area contributed by atoms with Crippen LogP contribution < -0.4 is 30.7 Å². The number of rotatable bonds is 12. The molecular weight excluding hydrogens is 572 g/mol. The van der Waals surface area contributed by atoms with Crippen molar-refractivity contribution in [2.45, 2.75) is 57.8 Å². The second kappa shape index (κ2) is 14.5. The molecule has 0 bridgehead atoms. The van der Waals surface area contributed by atoms with E-state index in [2.05, 4.69) is 10.6 Å². The van der Waals surface area contributed by atoms with E-state index >= 15 is 0 Å². The number of amides is 4. The summed E-state index contributed by atoms with van der Waals surface area (Å²) in [5, 5.41) is 6.03. The van der Waals surface area contributed by atoms with Crippen LogP contribution in [0.3, 0.4) is 0 Å². The number of hydrogen-bond donors (Lipinski definition) is 3. The highest BCUT2D eigenvalue weighted by molar-refractivity contribution is 6.18. The van der Waals surface area contributed by atoms with E-state index in [1.54, 1.807) is 44.6 Å². The predicted octanol–water partition coefficient (Wildman–Crippen LogP) is 5.96. The Labute approximate surface area is 265 Å². The zero-order valence-electron chi connectivity index (χ0n) is 26.9. The molecule has 0 aromatic heterocycles. The van der Waals surface area contributed by atoms with E-state index in [9.17, 15) is 14.4 Å². The highest BCUT2D eigenvalue weighted by Gasteiger charge is 2.46.